The van der Waals surface area contributed by atoms with Gasteiger partial charge in [-0.1, -0.05) is 54.6 Å². The number of esters is 1. The maximum Gasteiger partial charge on any atom is 0.312 e. The summed E-state index contributed by atoms with van der Waals surface area (Å²) < 4.78 is 30.4. The monoisotopic (exact) mass is 537 g/mol. The second-order valence-electron chi connectivity index (χ2n) is 11.4. The van der Waals surface area contributed by atoms with Gasteiger partial charge >= 0.3 is 5.97 Å². The number of aliphatic hydroxyl groups is 1. The average Bonchev–Trinajstić information content (AvgIpc) is 2.88. The number of carbonyl (C=O) groups is 1. The fourth-order valence-corrected chi connectivity index (χ4v) is 8.98. The van der Waals surface area contributed by atoms with Crippen LogP contribution >= 0.6 is 0 Å². The van der Waals surface area contributed by atoms with Gasteiger partial charge in [0.2, 0.25) is 0 Å². The predicted octanol–water partition coefficient (Wildman–Crippen LogP) is 7.30. The molecule has 38 heavy (non-hydrogen) atoms. The highest BCUT2D eigenvalue weighted by atomic mass is 32.2. The van der Waals surface area contributed by atoms with Crippen LogP contribution in [0.2, 0.25) is 0 Å². The lowest BCUT2D eigenvalue weighted by Gasteiger charge is -2.58. The molecule has 0 saturated heterocycles. The molecule has 4 aliphatic rings. The summed E-state index contributed by atoms with van der Waals surface area (Å²) in [5.41, 5.74) is -1.47. The predicted molar refractivity (Wildman–Crippen MR) is 145 cm³/mol. The largest absolute Gasteiger partial charge is 0.459 e. The molecule has 4 fully saturated rings. The minimum Gasteiger partial charge on any atom is -0.459 e. The summed E-state index contributed by atoms with van der Waals surface area (Å²) in [6, 6.07) is 32.2. The summed E-state index contributed by atoms with van der Waals surface area (Å²) in [4.78, 5) is 16.3. The van der Waals surface area contributed by atoms with Crippen LogP contribution in [0, 0.1) is 17.3 Å². The molecule has 4 bridgehead atoms. The van der Waals surface area contributed by atoms with Gasteiger partial charge < -0.3 is 9.84 Å². The number of carbonyl (C=O) groups excluding carboxylic acids is 1. The first-order valence-electron chi connectivity index (χ1n) is 13.3. The zero-order valence-electron chi connectivity index (χ0n) is 21.7. The average molecular weight is 538 g/mol. The molecule has 0 heterocycles. The standard InChI is InChI=1S/C18H15S.C14H20F2O3/c1-4-10-16(11-5-1)19(17-12-6-2-7-13-17)18-14-8-3-9-15-18;1-12(15,16)8-19-11(17)13-3-9-2-10(4-13)6-14(18,5-9)7-13/h1-15H;9-10,18H,2-8H2,1H3/q+1;. The molecule has 0 radical (unpaired) electrons. The third-order valence-electron chi connectivity index (χ3n) is 7.86. The van der Waals surface area contributed by atoms with Gasteiger partial charge in [-0.05, 0) is 86.8 Å². The van der Waals surface area contributed by atoms with E-state index >= 15 is 0 Å². The summed E-state index contributed by atoms with van der Waals surface area (Å²) in [5.74, 6) is -2.82. The minimum absolute atomic E-state index is 0.0146. The molecule has 0 aromatic heterocycles. The topological polar surface area (TPSA) is 46.5 Å². The number of benzene rings is 3. The quantitative estimate of drug-likeness (QED) is 0.265. The zero-order chi connectivity index (χ0) is 26.8. The lowest BCUT2D eigenvalue weighted by molar-refractivity contribution is -0.201. The third kappa shape index (κ3) is 6.13. The second kappa shape index (κ2) is 10.8. The highest BCUT2D eigenvalue weighted by Crippen LogP contribution is 2.62. The van der Waals surface area contributed by atoms with Crippen LogP contribution in [0.3, 0.4) is 0 Å². The summed E-state index contributed by atoms with van der Waals surface area (Å²) >= 11 is 0. The second-order valence-corrected chi connectivity index (χ2v) is 13.4. The molecule has 3 aromatic carbocycles. The Morgan fingerprint density at radius 3 is 1.63 bits per heavy atom. The SMILES string of the molecule is CC(F)(F)COC(=O)C12CC3CC(CC(O)(C3)C1)C2.c1ccc([S+](c2ccccc2)c2ccccc2)cc1. The van der Waals surface area contributed by atoms with Crippen LogP contribution in [-0.4, -0.2) is 29.2 Å². The third-order valence-corrected chi connectivity index (χ3v) is 10.1. The van der Waals surface area contributed by atoms with E-state index in [0.717, 1.165) is 26.2 Å². The van der Waals surface area contributed by atoms with E-state index in [0.29, 0.717) is 31.1 Å². The molecule has 3 nitrogen and oxygen atoms in total. The fourth-order valence-electron chi connectivity index (χ4n) is 6.88. The maximum atomic E-state index is 12.8. The molecule has 0 spiro atoms. The first kappa shape index (κ1) is 26.9. The van der Waals surface area contributed by atoms with Crippen molar-refractivity contribution in [2.75, 3.05) is 6.61 Å². The molecular weight excluding hydrogens is 502 g/mol. The molecule has 2 unspecified atom stereocenters. The number of rotatable bonds is 6. The van der Waals surface area contributed by atoms with E-state index in [1.54, 1.807) is 0 Å². The highest BCUT2D eigenvalue weighted by molar-refractivity contribution is 7.97. The normalized spacial score (nSPS) is 27.5. The van der Waals surface area contributed by atoms with Crippen LogP contribution in [0.1, 0.15) is 45.4 Å². The molecule has 4 saturated carbocycles. The van der Waals surface area contributed by atoms with Gasteiger partial charge in [0.25, 0.3) is 5.92 Å². The van der Waals surface area contributed by atoms with Crippen LogP contribution in [0.15, 0.2) is 106 Å². The maximum absolute atomic E-state index is 12.8. The molecule has 1 N–H and O–H groups in total. The Hall–Kier alpha value is -2.70. The Labute approximate surface area is 226 Å². The van der Waals surface area contributed by atoms with E-state index < -0.39 is 29.5 Å². The van der Waals surface area contributed by atoms with Crippen molar-refractivity contribution in [2.24, 2.45) is 17.3 Å². The van der Waals surface area contributed by atoms with Gasteiger partial charge in [0.15, 0.2) is 21.3 Å². The number of halogens is 2. The van der Waals surface area contributed by atoms with Gasteiger partial charge in [-0.15, -0.1) is 0 Å². The summed E-state index contributed by atoms with van der Waals surface area (Å²) in [7, 11) is -0.0146. The van der Waals surface area contributed by atoms with Crippen LogP contribution in [0.25, 0.3) is 0 Å². The van der Waals surface area contributed by atoms with Gasteiger partial charge in [0.1, 0.15) is 0 Å². The van der Waals surface area contributed by atoms with Crippen molar-refractivity contribution in [3.8, 4) is 0 Å². The Morgan fingerprint density at radius 1 is 0.842 bits per heavy atom. The van der Waals surface area contributed by atoms with E-state index in [4.69, 9.17) is 4.74 Å². The number of hydrogen-bond acceptors (Lipinski definition) is 3. The summed E-state index contributed by atoms with van der Waals surface area (Å²) in [5, 5.41) is 10.5. The first-order valence-corrected chi connectivity index (χ1v) is 14.5. The van der Waals surface area contributed by atoms with Crippen LogP contribution in [-0.2, 0) is 20.4 Å². The van der Waals surface area contributed by atoms with Gasteiger partial charge in [0.05, 0.1) is 21.9 Å². The highest BCUT2D eigenvalue weighted by Gasteiger charge is 2.61. The lowest BCUT2D eigenvalue weighted by Crippen LogP contribution is -2.58. The van der Waals surface area contributed by atoms with Crippen molar-refractivity contribution < 1.29 is 23.4 Å². The molecule has 0 aliphatic heterocycles. The Morgan fingerprint density at radius 2 is 1.26 bits per heavy atom. The Balaban J connectivity index is 0.000000155. The van der Waals surface area contributed by atoms with E-state index in [1.807, 2.05) is 0 Å². The lowest BCUT2D eigenvalue weighted by atomic mass is 9.48. The zero-order valence-corrected chi connectivity index (χ0v) is 22.5. The van der Waals surface area contributed by atoms with Crippen molar-refractivity contribution in [3.63, 3.8) is 0 Å². The van der Waals surface area contributed by atoms with Crippen LogP contribution < -0.4 is 0 Å². The number of ether oxygens (including phenoxy) is 1. The number of alkyl halides is 2. The molecule has 200 valence electrons. The number of hydrogen-bond donors (Lipinski definition) is 1. The molecule has 3 aromatic rings. The van der Waals surface area contributed by atoms with Gasteiger partial charge in [0, 0.05) is 6.92 Å². The Kier molecular flexibility index (Phi) is 7.65. The molecule has 7 rings (SSSR count). The first-order chi connectivity index (χ1) is 18.1. The Bertz CT molecular complexity index is 1110. The summed E-state index contributed by atoms with van der Waals surface area (Å²) in [6.45, 7) is -0.116. The van der Waals surface area contributed by atoms with Crippen molar-refractivity contribution >= 4 is 16.9 Å². The molecular formula is C32H35F2O3S+. The van der Waals surface area contributed by atoms with Crippen LogP contribution in [0.5, 0.6) is 0 Å². The van der Waals surface area contributed by atoms with E-state index in [-0.39, 0.29) is 10.9 Å². The van der Waals surface area contributed by atoms with Gasteiger partial charge in [-0.3, -0.25) is 4.79 Å². The molecule has 2 atom stereocenters. The van der Waals surface area contributed by atoms with Crippen molar-refractivity contribution in [3.05, 3.63) is 91.0 Å². The molecule has 6 heteroatoms. The van der Waals surface area contributed by atoms with E-state index in [1.165, 1.54) is 14.7 Å². The van der Waals surface area contributed by atoms with Crippen molar-refractivity contribution in [1.82, 2.24) is 0 Å². The minimum atomic E-state index is -2.99. The van der Waals surface area contributed by atoms with E-state index in [9.17, 15) is 18.7 Å². The summed E-state index contributed by atoms with van der Waals surface area (Å²) in [6.07, 6.45) is 4.34. The van der Waals surface area contributed by atoms with E-state index in [2.05, 4.69) is 91.0 Å². The molecule has 4 aliphatic carbocycles. The van der Waals surface area contributed by atoms with Crippen molar-refractivity contribution in [2.45, 2.75) is 71.7 Å². The molecule has 0 amide bonds. The van der Waals surface area contributed by atoms with Gasteiger partial charge in [-0.25, -0.2) is 8.78 Å². The fraction of sp³-hybridized carbons (Fsp3) is 0.406. The van der Waals surface area contributed by atoms with Crippen LogP contribution in [0.4, 0.5) is 8.78 Å². The van der Waals surface area contributed by atoms with Gasteiger partial charge in [-0.2, -0.15) is 0 Å². The van der Waals surface area contributed by atoms with Crippen molar-refractivity contribution in [1.29, 1.82) is 0 Å². The smallest absolute Gasteiger partial charge is 0.312 e.